The molecular formula is C33H33F3N8O. The highest BCUT2D eigenvalue weighted by Gasteiger charge is 2.41. The van der Waals surface area contributed by atoms with Crippen LogP contribution in [0, 0.1) is 17.2 Å². The summed E-state index contributed by atoms with van der Waals surface area (Å²) in [4.78, 5) is 22.0. The maximum atomic E-state index is 14.4. The smallest absolute Gasteiger partial charge is 0.370 e. The van der Waals surface area contributed by atoms with E-state index in [2.05, 4.69) is 38.4 Å². The molecule has 12 heteroatoms. The Kier molecular flexibility index (Phi) is 8.05. The van der Waals surface area contributed by atoms with Gasteiger partial charge in [0, 0.05) is 37.8 Å². The zero-order chi connectivity index (χ0) is 31.9. The van der Waals surface area contributed by atoms with Crippen molar-refractivity contribution in [1.82, 2.24) is 24.6 Å². The first kappa shape index (κ1) is 30.3. The van der Waals surface area contributed by atoms with Crippen LogP contribution in [0.5, 0.6) is 0 Å². The number of aryl methyl sites for hydroxylation is 1. The summed E-state index contributed by atoms with van der Waals surface area (Å²) in [6, 6.07) is 13.6. The monoisotopic (exact) mass is 614 g/mol. The number of fused-ring (bicyclic) bond motifs is 1. The minimum Gasteiger partial charge on any atom is -0.370 e. The number of hydrogen-bond acceptors (Lipinski definition) is 7. The molecule has 232 valence electrons. The van der Waals surface area contributed by atoms with Crippen molar-refractivity contribution in [2.45, 2.75) is 46.0 Å². The molecular weight excluding hydrogens is 581 g/mol. The molecule has 0 bridgehead atoms. The van der Waals surface area contributed by atoms with Crippen LogP contribution in [0.1, 0.15) is 59.3 Å². The van der Waals surface area contributed by atoms with Crippen molar-refractivity contribution in [2.75, 3.05) is 29.9 Å². The number of carbonyl (C=O) groups excluding carboxylic acids is 1. The van der Waals surface area contributed by atoms with E-state index in [-0.39, 0.29) is 23.5 Å². The number of likely N-dealkylation sites (tertiary alicyclic amines) is 1. The summed E-state index contributed by atoms with van der Waals surface area (Å²) in [5, 5.41) is 21.0. The Labute approximate surface area is 259 Å². The maximum Gasteiger partial charge on any atom is 0.416 e. The quantitative estimate of drug-likeness (QED) is 0.262. The number of benzene rings is 2. The fourth-order valence-corrected chi connectivity index (χ4v) is 6.35. The zero-order valence-electron chi connectivity index (χ0n) is 25.3. The van der Waals surface area contributed by atoms with Gasteiger partial charge in [-0.2, -0.15) is 18.4 Å². The van der Waals surface area contributed by atoms with Gasteiger partial charge in [0.05, 0.1) is 23.7 Å². The maximum absolute atomic E-state index is 14.4. The molecule has 0 spiro atoms. The van der Waals surface area contributed by atoms with Crippen molar-refractivity contribution in [3.8, 4) is 28.6 Å². The number of rotatable bonds is 7. The second-order valence-corrected chi connectivity index (χ2v) is 11.8. The molecule has 1 fully saturated rings. The summed E-state index contributed by atoms with van der Waals surface area (Å²) in [5.41, 5.74) is 2.13. The largest absolute Gasteiger partial charge is 0.416 e. The molecule has 6 rings (SSSR count). The van der Waals surface area contributed by atoms with Crippen molar-refractivity contribution in [2.24, 2.45) is 13.0 Å². The number of piperidine rings is 1. The summed E-state index contributed by atoms with van der Waals surface area (Å²) in [6.45, 7) is 6.31. The number of carbonyl (C=O) groups is 1. The van der Waals surface area contributed by atoms with Gasteiger partial charge in [-0.15, -0.1) is 10.2 Å². The van der Waals surface area contributed by atoms with Crippen LogP contribution < -0.4 is 10.2 Å². The van der Waals surface area contributed by atoms with Gasteiger partial charge < -0.3 is 9.88 Å². The van der Waals surface area contributed by atoms with E-state index in [0.717, 1.165) is 25.9 Å². The molecule has 45 heavy (non-hydrogen) atoms. The van der Waals surface area contributed by atoms with Gasteiger partial charge in [0.25, 0.3) is 5.91 Å². The van der Waals surface area contributed by atoms with Crippen LogP contribution in [0.15, 0.2) is 48.8 Å². The Morgan fingerprint density at radius 2 is 1.93 bits per heavy atom. The lowest BCUT2D eigenvalue weighted by molar-refractivity contribution is -0.138. The summed E-state index contributed by atoms with van der Waals surface area (Å²) in [7, 11) is 1.79. The molecule has 4 aromatic rings. The van der Waals surface area contributed by atoms with Crippen LogP contribution in [0.3, 0.4) is 0 Å². The van der Waals surface area contributed by atoms with Crippen LogP contribution in [0.4, 0.5) is 24.8 Å². The van der Waals surface area contributed by atoms with E-state index < -0.39 is 17.6 Å². The molecule has 1 saturated heterocycles. The molecule has 2 aliphatic heterocycles. The van der Waals surface area contributed by atoms with Crippen LogP contribution in [-0.2, 0) is 26.3 Å². The first-order chi connectivity index (χ1) is 21.5. The third kappa shape index (κ3) is 6.00. The molecule has 1 N–H and O–H groups in total. The number of pyridine rings is 1. The Balaban J connectivity index is 1.42. The average molecular weight is 615 g/mol. The summed E-state index contributed by atoms with van der Waals surface area (Å²) < 4.78 is 45.0. The molecule has 9 nitrogen and oxygen atoms in total. The number of nitrogens with one attached hydrogen (secondary N) is 1. The lowest BCUT2D eigenvalue weighted by Gasteiger charge is -2.31. The highest BCUT2D eigenvalue weighted by atomic mass is 19.4. The molecule has 2 aromatic carbocycles. The number of alkyl halides is 3. The van der Waals surface area contributed by atoms with Crippen LogP contribution >= 0.6 is 0 Å². The van der Waals surface area contributed by atoms with Gasteiger partial charge in [-0.3, -0.25) is 14.6 Å². The van der Waals surface area contributed by atoms with Gasteiger partial charge in [0.1, 0.15) is 18.0 Å². The summed E-state index contributed by atoms with van der Waals surface area (Å²) in [6.07, 6.45) is -0.966. The first-order valence-corrected chi connectivity index (χ1v) is 15.0. The standard InChI is InChI=1S/C33H33F3N8O/c1-4-38-29-13-23(24-8-7-21(15-37)10-25(24)31-41-39-19-42(31)3)14-30(40-29)44-18-27-26(32(44)45)11-22(12-28(27)33(34,35)36)17-43-9-5-6-20(2)16-43/h7-8,10-14,19-20H,4-6,9,16-18H2,1-3H3,(H,38,40)/t20-/m0/s1. The number of aromatic nitrogens is 4. The Morgan fingerprint density at radius 1 is 1.11 bits per heavy atom. The van der Waals surface area contributed by atoms with Gasteiger partial charge in [-0.25, -0.2) is 4.98 Å². The molecule has 2 aliphatic rings. The van der Waals surface area contributed by atoms with Gasteiger partial charge in [0.15, 0.2) is 5.82 Å². The lowest BCUT2D eigenvalue weighted by Crippen LogP contribution is -2.33. The van der Waals surface area contributed by atoms with Crippen LogP contribution in [-0.4, -0.2) is 50.2 Å². The molecule has 0 unspecified atom stereocenters. The van der Waals surface area contributed by atoms with Crippen molar-refractivity contribution >= 4 is 17.5 Å². The molecule has 1 amide bonds. The number of hydrogen-bond donors (Lipinski definition) is 1. The Morgan fingerprint density at radius 3 is 2.62 bits per heavy atom. The highest BCUT2D eigenvalue weighted by Crippen LogP contribution is 2.41. The number of halogens is 3. The summed E-state index contributed by atoms with van der Waals surface area (Å²) >= 11 is 0. The van der Waals surface area contributed by atoms with E-state index in [1.165, 1.54) is 11.0 Å². The fraction of sp³-hybridized carbons (Fsp3) is 0.364. The fourth-order valence-electron chi connectivity index (χ4n) is 6.35. The van der Waals surface area contributed by atoms with E-state index in [4.69, 9.17) is 0 Å². The molecule has 2 aromatic heterocycles. The number of nitrogens with zero attached hydrogens (tertiary/aromatic N) is 7. The highest BCUT2D eigenvalue weighted by molar-refractivity contribution is 6.10. The first-order valence-electron chi connectivity index (χ1n) is 15.0. The zero-order valence-corrected chi connectivity index (χ0v) is 25.3. The average Bonchev–Trinajstić information content (AvgIpc) is 3.58. The second-order valence-electron chi connectivity index (χ2n) is 11.8. The Bertz CT molecular complexity index is 1810. The predicted molar refractivity (Wildman–Crippen MR) is 164 cm³/mol. The van der Waals surface area contributed by atoms with Gasteiger partial charge in [-0.05, 0) is 90.9 Å². The van der Waals surface area contributed by atoms with Gasteiger partial charge in [-0.1, -0.05) is 13.0 Å². The van der Waals surface area contributed by atoms with E-state index in [0.29, 0.717) is 58.5 Å². The second kappa shape index (κ2) is 12.0. The van der Waals surface area contributed by atoms with Gasteiger partial charge in [0.2, 0.25) is 0 Å². The third-order valence-electron chi connectivity index (χ3n) is 8.41. The van der Waals surface area contributed by atoms with Crippen LogP contribution in [0.25, 0.3) is 22.5 Å². The summed E-state index contributed by atoms with van der Waals surface area (Å²) in [5.74, 6) is 1.16. The molecule has 1 atom stereocenters. The Hall–Kier alpha value is -4.76. The number of amides is 1. The number of anilines is 2. The van der Waals surface area contributed by atoms with Crippen molar-refractivity contribution in [3.63, 3.8) is 0 Å². The van der Waals surface area contributed by atoms with Crippen molar-refractivity contribution < 1.29 is 18.0 Å². The van der Waals surface area contributed by atoms with Crippen molar-refractivity contribution in [1.29, 1.82) is 5.26 Å². The SMILES string of the molecule is CCNc1cc(-c2ccc(C#N)cc2-c2nncn2C)cc(N2Cc3c(cc(CN4CCC[C@H](C)C4)cc3C(F)(F)F)C2=O)n1. The predicted octanol–water partition coefficient (Wildman–Crippen LogP) is 6.26. The van der Waals surface area contributed by atoms with E-state index in [1.54, 1.807) is 54.3 Å². The van der Waals surface area contributed by atoms with E-state index >= 15 is 0 Å². The number of nitriles is 1. The van der Waals surface area contributed by atoms with Crippen LogP contribution in [0.2, 0.25) is 0 Å². The molecule has 4 heterocycles. The molecule has 0 radical (unpaired) electrons. The molecule has 0 saturated carbocycles. The normalized spacial score (nSPS) is 17.0. The van der Waals surface area contributed by atoms with E-state index in [1.807, 2.05) is 6.92 Å². The van der Waals surface area contributed by atoms with Crippen molar-refractivity contribution in [3.05, 3.63) is 76.6 Å². The lowest BCUT2D eigenvalue weighted by atomic mass is 9.96. The van der Waals surface area contributed by atoms with Gasteiger partial charge >= 0.3 is 6.18 Å². The third-order valence-corrected chi connectivity index (χ3v) is 8.41. The minimum absolute atomic E-state index is 0.0430. The van der Waals surface area contributed by atoms with E-state index in [9.17, 15) is 23.2 Å². The topological polar surface area (TPSA) is 103 Å². The molecule has 0 aliphatic carbocycles. The minimum atomic E-state index is -4.62.